The van der Waals surface area contributed by atoms with Crippen LogP contribution in [0.15, 0.2) is 67.0 Å². The molecule has 2 heterocycles. The minimum atomic E-state index is -0.374. The molecule has 29 heavy (non-hydrogen) atoms. The number of methoxy groups -OCH3 is 1. The summed E-state index contributed by atoms with van der Waals surface area (Å²) in [6, 6.07) is 19.4. The smallest absolute Gasteiger partial charge is 0.219 e. The van der Waals surface area contributed by atoms with Crippen molar-refractivity contribution >= 4 is 33.3 Å². The number of nitrogens with two attached hydrogens (primary N) is 1. The van der Waals surface area contributed by atoms with E-state index in [1.165, 1.54) is 6.33 Å². The average molecular weight is 404 g/mol. The minimum Gasteiger partial charge on any atom is -0.497 e. The second kappa shape index (κ2) is 8.28. The van der Waals surface area contributed by atoms with Crippen molar-refractivity contribution in [1.82, 2.24) is 9.97 Å². The predicted molar refractivity (Wildman–Crippen MR) is 116 cm³/mol. The first-order valence-electron chi connectivity index (χ1n) is 9.13. The third kappa shape index (κ3) is 4.20. The first kappa shape index (κ1) is 18.9. The number of nitrogens with zero attached hydrogens (tertiary/aromatic N) is 2. The van der Waals surface area contributed by atoms with Crippen molar-refractivity contribution in [2.24, 2.45) is 5.73 Å². The van der Waals surface area contributed by atoms with Crippen molar-refractivity contribution in [3.05, 3.63) is 72.6 Å². The molecule has 0 fully saturated rings. The van der Waals surface area contributed by atoms with Gasteiger partial charge in [0.25, 0.3) is 0 Å². The van der Waals surface area contributed by atoms with E-state index < -0.39 is 0 Å². The molecule has 146 valence electrons. The predicted octanol–water partition coefficient (Wildman–Crippen LogP) is 4.40. The van der Waals surface area contributed by atoms with Gasteiger partial charge in [0.05, 0.1) is 25.0 Å². The molecular weight excluding hydrogens is 384 g/mol. The number of rotatable bonds is 7. The highest BCUT2D eigenvalue weighted by Gasteiger charge is 2.17. The first-order chi connectivity index (χ1) is 14.1. The number of primary amides is 1. The lowest BCUT2D eigenvalue weighted by atomic mass is 10.0. The maximum Gasteiger partial charge on any atom is 0.219 e. The van der Waals surface area contributed by atoms with Crippen molar-refractivity contribution in [3.8, 4) is 16.2 Å². The van der Waals surface area contributed by atoms with Crippen LogP contribution in [-0.4, -0.2) is 23.0 Å². The normalized spacial score (nSPS) is 11.9. The molecule has 0 spiro atoms. The molecule has 7 heteroatoms. The third-order valence-electron chi connectivity index (χ3n) is 4.62. The SMILES string of the molecule is COc1ccc(-c2cc3c(NC(CC(N)=O)c4ccccc4)ncnc3s2)cc1. The van der Waals surface area contributed by atoms with E-state index in [9.17, 15) is 4.79 Å². The van der Waals surface area contributed by atoms with Gasteiger partial charge < -0.3 is 15.8 Å². The van der Waals surface area contributed by atoms with Gasteiger partial charge in [-0.2, -0.15) is 0 Å². The van der Waals surface area contributed by atoms with E-state index in [1.807, 2.05) is 54.6 Å². The van der Waals surface area contributed by atoms with E-state index in [0.717, 1.165) is 32.0 Å². The zero-order valence-corrected chi connectivity index (χ0v) is 16.6. The number of nitrogens with one attached hydrogen (secondary N) is 1. The number of hydrogen-bond donors (Lipinski definition) is 2. The zero-order valence-electron chi connectivity index (χ0n) is 15.8. The Balaban J connectivity index is 1.69. The molecule has 1 atom stereocenters. The average Bonchev–Trinajstić information content (AvgIpc) is 3.19. The Labute approximate surface area is 172 Å². The van der Waals surface area contributed by atoms with Gasteiger partial charge in [0.1, 0.15) is 22.7 Å². The molecule has 6 nitrogen and oxygen atoms in total. The second-order valence-corrected chi connectivity index (χ2v) is 7.59. The van der Waals surface area contributed by atoms with Gasteiger partial charge in [0, 0.05) is 4.88 Å². The fourth-order valence-corrected chi connectivity index (χ4v) is 4.18. The fraction of sp³-hybridized carbons (Fsp3) is 0.136. The van der Waals surface area contributed by atoms with Gasteiger partial charge in [-0.1, -0.05) is 30.3 Å². The van der Waals surface area contributed by atoms with Crippen molar-refractivity contribution in [2.45, 2.75) is 12.5 Å². The number of hydrogen-bond acceptors (Lipinski definition) is 6. The first-order valence-corrected chi connectivity index (χ1v) is 9.94. The highest BCUT2D eigenvalue weighted by atomic mass is 32.1. The number of benzene rings is 2. The summed E-state index contributed by atoms with van der Waals surface area (Å²) in [6.45, 7) is 0. The van der Waals surface area contributed by atoms with E-state index >= 15 is 0 Å². The van der Waals surface area contributed by atoms with Crippen LogP contribution in [0.2, 0.25) is 0 Å². The standard InChI is InChI=1S/C22H20N4O2S/c1-28-16-9-7-15(8-10-16)19-11-17-21(24-13-25-22(17)29-19)26-18(12-20(23)27)14-5-3-2-4-6-14/h2-11,13,18H,12H2,1H3,(H2,23,27)(H,24,25,26). The van der Waals surface area contributed by atoms with Gasteiger partial charge >= 0.3 is 0 Å². The highest BCUT2D eigenvalue weighted by molar-refractivity contribution is 7.21. The lowest BCUT2D eigenvalue weighted by Gasteiger charge is -2.18. The van der Waals surface area contributed by atoms with Crippen molar-refractivity contribution in [2.75, 3.05) is 12.4 Å². The monoisotopic (exact) mass is 404 g/mol. The summed E-state index contributed by atoms with van der Waals surface area (Å²) in [4.78, 5) is 22.4. The van der Waals surface area contributed by atoms with Gasteiger partial charge in [-0.05, 0) is 41.5 Å². The van der Waals surface area contributed by atoms with Crippen LogP contribution >= 0.6 is 11.3 Å². The molecule has 0 saturated heterocycles. The van der Waals surface area contributed by atoms with Crippen molar-refractivity contribution in [1.29, 1.82) is 0 Å². The van der Waals surface area contributed by atoms with E-state index in [0.29, 0.717) is 5.82 Å². The molecule has 0 saturated carbocycles. The number of thiophene rings is 1. The Morgan fingerprint density at radius 2 is 1.90 bits per heavy atom. The Morgan fingerprint density at radius 3 is 2.59 bits per heavy atom. The van der Waals surface area contributed by atoms with Gasteiger partial charge in [0.15, 0.2) is 0 Å². The molecule has 3 N–H and O–H groups in total. The lowest BCUT2D eigenvalue weighted by Crippen LogP contribution is -2.21. The number of fused-ring (bicyclic) bond motifs is 1. The number of amides is 1. The van der Waals surface area contributed by atoms with Crippen LogP contribution in [0, 0.1) is 0 Å². The lowest BCUT2D eigenvalue weighted by molar-refractivity contribution is -0.118. The van der Waals surface area contributed by atoms with Gasteiger partial charge in [-0.25, -0.2) is 9.97 Å². The Hall–Kier alpha value is -3.45. The van der Waals surface area contributed by atoms with Crippen LogP contribution in [0.25, 0.3) is 20.7 Å². The minimum absolute atomic E-state index is 0.172. The number of carbonyl (C=O) groups excluding carboxylic acids is 1. The molecule has 1 unspecified atom stereocenters. The summed E-state index contributed by atoms with van der Waals surface area (Å²) in [5.41, 5.74) is 7.54. The van der Waals surface area contributed by atoms with Crippen LogP contribution in [0.5, 0.6) is 5.75 Å². The summed E-state index contributed by atoms with van der Waals surface area (Å²) in [6.07, 6.45) is 1.70. The van der Waals surface area contributed by atoms with E-state index in [2.05, 4.69) is 21.4 Å². The molecular formula is C22H20N4O2S. The van der Waals surface area contributed by atoms with Crippen LogP contribution in [0.3, 0.4) is 0 Å². The van der Waals surface area contributed by atoms with Crippen molar-refractivity contribution < 1.29 is 9.53 Å². The van der Waals surface area contributed by atoms with Gasteiger partial charge in [0.2, 0.25) is 5.91 Å². The number of anilines is 1. The van der Waals surface area contributed by atoms with E-state index in [-0.39, 0.29) is 18.4 Å². The fourth-order valence-electron chi connectivity index (χ4n) is 3.17. The summed E-state index contributed by atoms with van der Waals surface area (Å²) >= 11 is 1.59. The topological polar surface area (TPSA) is 90.1 Å². The maximum absolute atomic E-state index is 11.6. The number of aromatic nitrogens is 2. The largest absolute Gasteiger partial charge is 0.497 e. The molecule has 0 aliphatic heterocycles. The van der Waals surface area contributed by atoms with Crippen LogP contribution in [-0.2, 0) is 4.79 Å². The second-order valence-electron chi connectivity index (χ2n) is 6.56. The molecule has 0 aliphatic rings. The van der Waals surface area contributed by atoms with Crippen LogP contribution in [0.1, 0.15) is 18.0 Å². The van der Waals surface area contributed by atoms with Crippen LogP contribution < -0.4 is 15.8 Å². The molecule has 1 amide bonds. The Kier molecular flexibility index (Phi) is 5.39. The number of ether oxygens (including phenoxy) is 1. The zero-order chi connectivity index (χ0) is 20.2. The molecule has 2 aromatic heterocycles. The van der Waals surface area contributed by atoms with E-state index in [4.69, 9.17) is 10.5 Å². The highest BCUT2D eigenvalue weighted by Crippen LogP contribution is 2.36. The Bertz CT molecular complexity index is 1130. The molecule has 4 aromatic rings. The molecule has 0 aliphatic carbocycles. The maximum atomic E-state index is 11.6. The molecule has 2 aromatic carbocycles. The molecule has 0 radical (unpaired) electrons. The van der Waals surface area contributed by atoms with Gasteiger partial charge in [-0.3, -0.25) is 4.79 Å². The summed E-state index contributed by atoms with van der Waals surface area (Å²) in [5.74, 6) is 1.12. The quantitative estimate of drug-likeness (QED) is 0.477. The summed E-state index contributed by atoms with van der Waals surface area (Å²) < 4.78 is 5.23. The number of carbonyl (C=O) groups is 1. The molecule has 4 rings (SSSR count). The van der Waals surface area contributed by atoms with Gasteiger partial charge in [-0.15, -0.1) is 11.3 Å². The van der Waals surface area contributed by atoms with Crippen molar-refractivity contribution in [3.63, 3.8) is 0 Å². The summed E-state index contributed by atoms with van der Waals surface area (Å²) in [7, 11) is 1.65. The van der Waals surface area contributed by atoms with Crippen LogP contribution in [0.4, 0.5) is 5.82 Å². The van der Waals surface area contributed by atoms with E-state index in [1.54, 1.807) is 18.4 Å². The molecule has 0 bridgehead atoms. The Morgan fingerprint density at radius 1 is 1.14 bits per heavy atom. The summed E-state index contributed by atoms with van der Waals surface area (Å²) in [5, 5.41) is 4.30. The third-order valence-corrected chi connectivity index (χ3v) is 5.71.